The minimum atomic E-state index is 0.763. The molecule has 0 amide bonds. The second-order valence-electron chi connectivity index (χ2n) is 5.74. The summed E-state index contributed by atoms with van der Waals surface area (Å²) in [5.74, 6) is 1.59. The van der Waals surface area contributed by atoms with Crippen LogP contribution in [-0.2, 0) is 0 Å². The SMILES string of the molecule is CCNCC1CCC1c1ccc(-c2ccccc2)cc1. The average molecular weight is 265 g/mol. The maximum absolute atomic E-state index is 3.49. The van der Waals surface area contributed by atoms with Gasteiger partial charge in [-0.15, -0.1) is 0 Å². The highest BCUT2D eigenvalue weighted by Gasteiger charge is 2.31. The van der Waals surface area contributed by atoms with E-state index in [-0.39, 0.29) is 0 Å². The van der Waals surface area contributed by atoms with Gasteiger partial charge in [0.05, 0.1) is 0 Å². The van der Waals surface area contributed by atoms with Gasteiger partial charge in [-0.2, -0.15) is 0 Å². The first-order valence-electron chi connectivity index (χ1n) is 7.74. The fourth-order valence-corrected chi connectivity index (χ4v) is 3.14. The van der Waals surface area contributed by atoms with Gasteiger partial charge < -0.3 is 5.32 Å². The van der Waals surface area contributed by atoms with Gasteiger partial charge in [-0.25, -0.2) is 0 Å². The van der Waals surface area contributed by atoms with Gasteiger partial charge in [0.1, 0.15) is 0 Å². The molecule has 2 aromatic rings. The zero-order valence-electron chi connectivity index (χ0n) is 12.2. The first-order valence-corrected chi connectivity index (χ1v) is 7.74. The van der Waals surface area contributed by atoms with Crippen LogP contribution in [0.2, 0.25) is 0 Å². The van der Waals surface area contributed by atoms with Crippen LogP contribution in [0, 0.1) is 5.92 Å². The van der Waals surface area contributed by atoms with Gasteiger partial charge in [0.25, 0.3) is 0 Å². The quantitative estimate of drug-likeness (QED) is 0.841. The molecule has 1 heteroatoms. The van der Waals surface area contributed by atoms with Crippen LogP contribution in [0.4, 0.5) is 0 Å². The molecule has 104 valence electrons. The second kappa shape index (κ2) is 6.23. The molecule has 1 fully saturated rings. The lowest BCUT2D eigenvalue weighted by molar-refractivity contribution is 0.247. The molecular weight excluding hydrogens is 242 g/mol. The summed E-state index contributed by atoms with van der Waals surface area (Å²) >= 11 is 0. The third-order valence-electron chi connectivity index (χ3n) is 4.52. The lowest BCUT2D eigenvalue weighted by atomic mass is 9.70. The Kier molecular flexibility index (Phi) is 4.17. The van der Waals surface area contributed by atoms with E-state index in [2.05, 4.69) is 66.8 Å². The van der Waals surface area contributed by atoms with Crippen LogP contribution >= 0.6 is 0 Å². The molecule has 3 rings (SSSR count). The van der Waals surface area contributed by atoms with Crippen molar-refractivity contribution in [2.75, 3.05) is 13.1 Å². The zero-order chi connectivity index (χ0) is 13.8. The molecule has 1 aliphatic rings. The van der Waals surface area contributed by atoms with E-state index in [4.69, 9.17) is 0 Å². The van der Waals surface area contributed by atoms with Crippen molar-refractivity contribution in [3.8, 4) is 11.1 Å². The molecule has 2 atom stereocenters. The number of hydrogen-bond donors (Lipinski definition) is 1. The van der Waals surface area contributed by atoms with Crippen LogP contribution < -0.4 is 5.32 Å². The van der Waals surface area contributed by atoms with Crippen LogP contribution in [0.5, 0.6) is 0 Å². The van der Waals surface area contributed by atoms with Gasteiger partial charge in [0.15, 0.2) is 0 Å². The number of benzene rings is 2. The third-order valence-corrected chi connectivity index (χ3v) is 4.52. The van der Waals surface area contributed by atoms with Crippen molar-refractivity contribution in [1.82, 2.24) is 5.32 Å². The molecule has 1 nitrogen and oxygen atoms in total. The van der Waals surface area contributed by atoms with Gasteiger partial charge in [-0.05, 0) is 54.5 Å². The minimum absolute atomic E-state index is 0.763. The Morgan fingerprint density at radius 2 is 1.60 bits per heavy atom. The van der Waals surface area contributed by atoms with E-state index in [1.54, 1.807) is 0 Å². The summed E-state index contributed by atoms with van der Waals surface area (Å²) in [6.45, 7) is 4.43. The van der Waals surface area contributed by atoms with Gasteiger partial charge >= 0.3 is 0 Å². The van der Waals surface area contributed by atoms with Crippen LogP contribution in [0.15, 0.2) is 54.6 Å². The summed E-state index contributed by atoms with van der Waals surface area (Å²) in [6, 6.07) is 19.8. The summed E-state index contributed by atoms with van der Waals surface area (Å²) in [4.78, 5) is 0. The molecule has 2 aromatic carbocycles. The lowest BCUT2D eigenvalue weighted by Gasteiger charge is -2.37. The molecular formula is C19H23N. The second-order valence-corrected chi connectivity index (χ2v) is 5.74. The van der Waals surface area contributed by atoms with Crippen molar-refractivity contribution in [2.45, 2.75) is 25.7 Å². The Balaban J connectivity index is 1.70. The Hall–Kier alpha value is -1.60. The first-order chi connectivity index (χ1) is 9.88. The van der Waals surface area contributed by atoms with Gasteiger partial charge in [-0.1, -0.05) is 61.5 Å². The molecule has 0 saturated heterocycles. The fraction of sp³-hybridized carbons (Fsp3) is 0.368. The van der Waals surface area contributed by atoms with Crippen LogP contribution in [0.3, 0.4) is 0 Å². The zero-order valence-corrected chi connectivity index (χ0v) is 12.2. The Labute approximate surface area is 122 Å². The molecule has 1 saturated carbocycles. The normalized spacial score (nSPS) is 21.4. The summed E-state index contributed by atoms with van der Waals surface area (Å²) in [7, 11) is 0. The highest BCUT2D eigenvalue weighted by atomic mass is 14.9. The monoisotopic (exact) mass is 265 g/mol. The molecule has 20 heavy (non-hydrogen) atoms. The van der Waals surface area contributed by atoms with Crippen LogP contribution in [0.1, 0.15) is 31.2 Å². The van der Waals surface area contributed by atoms with Crippen molar-refractivity contribution in [3.63, 3.8) is 0 Å². The Morgan fingerprint density at radius 1 is 0.900 bits per heavy atom. The Bertz CT molecular complexity index is 529. The largest absolute Gasteiger partial charge is 0.317 e. The van der Waals surface area contributed by atoms with E-state index in [9.17, 15) is 0 Å². The van der Waals surface area contributed by atoms with Crippen molar-refractivity contribution in [3.05, 3.63) is 60.2 Å². The highest BCUT2D eigenvalue weighted by molar-refractivity contribution is 5.63. The molecule has 0 heterocycles. The Morgan fingerprint density at radius 3 is 2.20 bits per heavy atom. The maximum Gasteiger partial charge on any atom is -0.00148 e. The van der Waals surface area contributed by atoms with E-state index in [1.165, 1.54) is 36.1 Å². The average Bonchev–Trinajstić information content (AvgIpc) is 2.48. The standard InChI is InChI=1S/C19H23N/c1-2-20-14-18-12-13-19(18)17-10-8-16(9-11-17)15-6-4-3-5-7-15/h3-11,18-20H,2,12-14H2,1H3. The predicted octanol–water partition coefficient (Wildman–Crippen LogP) is 4.46. The van der Waals surface area contributed by atoms with E-state index in [0.29, 0.717) is 0 Å². The maximum atomic E-state index is 3.49. The summed E-state index contributed by atoms with van der Waals surface area (Å²) in [6.07, 6.45) is 2.72. The van der Waals surface area contributed by atoms with E-state index in [0.717, 1.165) is 18.4 Å². The summed E-state index contributed by atoms with van der Waals surface area (Å²) in [5, 5.41) is 3.49. The molecule has 0 aliphatic heterocycles. The van der Waals surface area contributed by atoms with Crippen molar-refractivity contribution in [2.24, 2.45) is 5.92 Å². The van der Waals surface area contributed by atoms with Crippen molar-refractivity contribution in [1.29, 1.82) is 0 Å². The lowest BCUT2D eigenvalue weighted by Crippen LogP contribution is -2.33. The summed E-state index contributed by atoms with van der Waals surface area (Å²) < 4.78 is 0. The molecule has 1 aliphatic carbocycles. The van der Waals surface area contributed by atoms with Crippen molar-refractivity contribution >= 4 is 0 Å². The van der Waals surface area contributed by atoms with Crippen molar-refractivity contribution < 1.29 is 0 Å². The molecule has 0 radical (unpaired) electrons. The van der Waals surface area contributed by atoms with Crippen LogP contribution in [-0.4, -0.2) is 13.1 Å². The number of hydrogen-bond acceptors (Lipinski definition) is 1. The minimum Gasteiger partial charge on any atom is -0.317 e. The topological polar surface area (TPSA) is 12.0 Å². The van der Waals surface area contributed by atoms with Gasteiger partial charge in [0.2, 0.25) is 0 Å². The molecule has 2 unspecified atom stereocenters. The van der Waals surface area contributed by atoms with Gasteiger partial charge in [-0.3, -0.25) is 0 Å². The van der Waals surface area contributed by atoms with Crippen LogP contribution in [0.25, 0.3) is 11.1 Å². The van der Waals surface area contributed by atoms with E-state index < -0.39 is 0 Å². The molecule has 0 aromatic heterocycles. The van der Waals surface area contributed by atoms with E-state index in [1.807, 2.05) is 0 Å². The molecule has 1 N–H and O–H groups in total. The first kappa shape index (κ1) is 13.4. The molecule has 0 bridgehead atoms. The predicted molar refractivity (Wildman–Crippen MR) is 85.9 cm³/mol. The highest BCUT2D eigenvalue weighted by Crippen LogP contribution is 2.42. The third kappa shape index (κ3) is 2.78. The fourth-order valence-electron chi connectivity index (χ4n) is 3.14. The smallest absolute Gasteiger partial charge is 0.00148 e. The number of rotatable bonds is 5. The summed E-state index contributed by atoms with van der Waals surface area (Å²) in [5.41, 5.74) is 4.13. The van der Waals surface area contributed by atoms with Gasteiger partial charge in [0, 0.05) is 0 Å². The number of nitrogens with one attached hydrogen (secondary N) is 1. The molecule has 0 spiro atoms. The van der Waals surface area contributed by atoms with E-state index >= 15 is 0 Å².